The average molecular weight is 575 g/mol. The fourth-order valence-corrected chi connectivity index (χ4v) is 6.27. The number of likely N-dealkylation sites (tertiary alicyclic amines) is 2. The van der Waals surface area contributed by atoms with E-state index in [9.17, 15) is 19.2 Å². The molecule has 0 aromatic carbocycles. The van der Waals surface area contributed by atoms with Crippen molar-refractivity contribution in [2.75, 3.05) is 20.1 Å². The van der Waals surface area contributed by atoms with Gasteiger partial charge in [0.1, 0.15) is 18.2 Å². The molecule has 41 heavy (non-hydrogen) atoms. The summed E-state index contributed by atoms with van der Waals surface area (Å²) >= 11 is 0. The van der Waals surface area contributed by atoms with Gasteiger partial charge in [-0.05, 0) is 84.1 Å². The van der Waals surface area contributed by atoms with Gasteiger partial charge < -0.3 is 19.9 Å². The Bertz CT molecular complexity index is 973. The van der Waals surface area contributed by atoms with Crippen LogP contribution in [0.3, 0.4) is 0 Å². The van der Waals surface area contributed by atoms with Gasteiger partial charge >= 0.3 is 5.97 Å². The summed E-state index contributed by atoms with van der Waals surface area (Å²) in [5.74, 6) is -0.816. The van der Waals surface area contributed by atoms with E-state index in [0.29, 0.717) is 18.5 Å². The molecule has 1 aliphatic carbocycles. The van der Waals surface area contributed by atoms with E-state index in [1.54, 1.807) is 23.8 Å². The number of esters is 1. The summed E-state index contributed by atoms with van der Waals surface area (Å²) in [7, 11) is 1.75. The first-order chi connectivity index (χ1) is 19.3. The van der Waals surface area contributed by atoms with Crippen LogP contribution in [0.5, 0.6) is 0 Å². The SMILES string of the molecule is C/C(=C\C(C(C)C)N(C)C(=O)[C@@H](NC(=O)[C@H]1CCCCN1C(C)C)C(C)C)C(=O)N1CCC[C@H]1C(=O)OC1CCC1. The molecule has 9 nitrogen and oxygen atoms in total. The third-order valence-electron chi connectivity index (χ3n) is 9.10. The Morgan fingerprint density at radius 3 is 2.07 bits per heavy atom. The molecule has 1 saturated carbocycles. The van der Waals surface area contributed by atoms with Gasteiger partial charge in [0.25, 0.3) is 0 Å². The summed E-state index contributed by atoms with van der Waals surface area (Å²) in [6.07, 6.45) is 8.97. The number of nitrogens with zero attached hydrogens (tertiary/aromatic N) is 3. The highest BCUT2D eigenvalue weighted by Crippen LogP contribution is 2.27. The number of ether oxygens (including phenoxy) is 1. The minimum Gasteiger partial charge on any atom is -0.461 e. The molecule has 3 rings (SSSR count). The van der Waals surface area contributed by atoms with E-state index < -0.39 is 12.1 Å². The molecule has 2 aliphatic heterocycles. The van der Waals surface area contributed by atoms with Crippen molar-refractivity contribution in [3.63, 3.8) is 0 Å². The van der Waals surface area contributed by atoms with Crippen molar-refractivity contribution in [2.45, 2.75) is 136 Å². The van der Waals surface area contributed by atoms with E-state index in [-0.39, 0.29) is 59.8 Å². The van der Waals surface area contributed by atoms with E-state index in [1.165, 1.54) is 0 Å². The second-order valence-corrected chi connectivity index (χ2v) is 13.3. The van der Waals surface area contributed by atoms with E-state index in [4.69, 9.17) is 4.74 Å². The Morgan fingerprint density at radius 2 is 1.51 bits per heavy atom. The molecule has 2 heterocycles. The predicted molar refractivity (Wildman–Crippen MR) is 160 cm³/mol. The Kier molecular flexibility index (Phi) is 11.8. The van der Waals surface area contributed by atoms with E-state index >= 15 is 0 Å². The van der Waals surface area contributed by atoms with Gasteiger partial charge in [-0.3, -0.25) is 19.3 Å². The number of rotatable bonds is 11. The van der Waals surface area contributed by atoms with Crippen LogP contribution in [0, 0.1) is 11.8 Å². The molecule has 2 saturated heterocycles. The Morgan fingerprint density at radius 1 is 0.854 bits per heavy atom. The van der Waals surface area contributed by atoms with Gasteiger partial charge in [0, 0.05) is 25.2 Å². The highest BCUT2D eigenvalue weighted by atomic mass is 16.5. The smallest absolute Gasteiger partial charge is 0.329 e. The third-order valence-corrected chi connectivity index (χ3v) is 9.10. The monoisotopic (exact) mass is 574 g/mol. The van der Waals surface area contributed by atoms with Crippen molar-refractivity contribution in [3.8, 4) is 0 Å². The van der Waals surface area contributed by atoms with Crippen LogP contribution in [0.15, 0.2) is 11.6 Å². The first kappa shape index (κ1) is 33.1. The summed E-state index contributed by atoms with van der Waals surface area (Å²) in [4.78, 5) is 59.1. The van der Waals surface area contributed by atoms with Crippen molar-refractivity contribution in [1.82, 2.24) is 20.0 Å². The van der Waals surface area contributed by atoms with Gasteiger partial charge in [-0.25, -0.2) is 4.79 Å². The molecule has 232 valence electrons. The molecule has 0 aromatic rings. The lowest BCUT2D eigenvalue weighted by Gasteiger charge is -2.39. The van der Waals surface area contributed by atoms with Gasteiger partial charge in [-0.1, -0.05) is 40.2 Å². The van der Waals surface area contributed by atoms with Gasteiger partial charge in [0.05, 0.1) is 12.1 Å². The standard InChI is InChI=1S/C32H54N4O5/c1-20(2)27(19-23(7)30(38)36-18-12-16-26(36)32(40)41-24-13-11-14-24)34(8)31(39)28(21(3)4)33-29(37)25-15-9-10-17-35(25)22(5)6/h19-22,24-28H,9-18H2,1-8H3,(H,33,37)/b23-19+/t25-,26+,27?,28+/m1/s1. The van der Waals surface area contributed by atoms with Crippen LogP contribution >= 0.6 is 0 Å². The number of nitrogens with one attached hydrogen (secondary N) is 1. The normalized spacial score (nSPS) is 23.9. The van der Waals surface area contributed by atoms with Crippen molar-refractivity contribution in [1.29, 1.82) is 0 Å². The zero-order valence-corrected chi connectivity index (χ0v) is 26.7. The number of amides is 3. The molecule has 0 radical (unpaired) electrons. The van der Waals surface area contributed by atoms with E-state index in [0.717, 1.165) is 51.5 Å². The number of piperidine rings is 1. The summed E-state index contributed by atoms with van der Waals surface area (Å²) in [6, 6.07) is -1.54. The highest BCUT2D eigenvalue weighted by molar-refractivity contribution is 5.96. The minimum absolute atomic E-state index is 0.0115. The van der Waals surface area contributed by atoms with Crippen LogP contribution in [0.1, 0.15) is 99.8 Å². The average Bonchev–Trinajstić information content (AvgIpc) is 3.40. The first-order valence-corrected chi connectivity index (χ1v) is 15.9. The molecule has 0 bridgehead atoms. The maximum atomic E-state index is 13.9. The lowest BCUT2D eigenvalue weighted by Crippen LogP contribution is -2.58. The highest BCUT2D eigenvalue weighted by Gasteiger charge is 2.39. The lowest BCUT2D eigenvalue weighted by atomic mass is 9.95. The van der Waals surface area contributed by atoms with E-state index in [2.05, 4.69) is 24.1 Å². The number of likely N-dealkylation sites (N-methyl/N-ethyl adjacent to an activating group) is 1. The molecule has 9 heteroatoms. The number of hydrogen-bond acceptors (Lipinski definition) is 6. The molecule has 0 spiro atoms. The maximum Gasteiger partial charge on any atom is 0.329 e. The summed E-state index contributed by atoms with van der Waals surface area (Å²) in [5.41, 5.74) is 0.506. The zero-order chi connectivity index (χ0) is 30.4. The van der Waals surface area contributed by atoms with Crippen LogP contribution in [-0.2, 0) is 23.9 Å². The van der Waals surface area contributed by atoms with E-state index in [1.807, 2.05) is 33.8 Å². The van der Waals surface area contributed by atoms with Crippen molar-refractivity contribution in [2.24, 2.45) is 11.8 Å². The van der Waals surface area contributed by atoms with Crippen LogP contribution in [0.25, 0.3) is 0 Å². The summed E-state index contributed by atoms with van der Waals surface area (Å²) < 4.78 is 5.62. The first-order valence-electron chi connectivity index (χ1n) is 15.9. The molecule has 3 amide bonds. The molecular formula is C32H54N4O5. The molecule has 0 aromatic heterocycles. The quantitative estimate of drug-likeness (QED) is 0.297. The molecule has 3 aliphatic rings. The summed E-state index contributed by atoms with van der Waals surface area (Å²) in [5, 5.41) is 3.09. The maximum absolute atomic E-state index is 13.9. The van der Waals surface area contributed by atoms with Crippen LogP contribution in [0.2, 0.25) is 0 Å². The number of carbonyl (C=O) groups excluding carboxylic acids is 4. The molecule has 3 fully saturated rings. The summed E-state index contributed by atoms with van der Waals surface area (Å²) in [6.45, 7) is 15.3. The zero-order valence-electron chi connectivity index (χ0n) is 26.7. The third kappa shape index (κ3) is 8.11. The predicted octanol–water partition coefficient (Wildman–Crippen LogP) is 3.91. The van der Waals surface area contributed by atoms with Gasteiger partial charge in [0.15, 0.2) is 0 Å². The molecule has 1 N–H and O–H groups in total. The molecular weight excluding hydrogens is 520 g/mol. The topological polar surface area (TPSA) is 99.3 Å². The second-order valence-electron chi connectivity index (χ2n) is 13.3. The fraction of sp³-hybridized carbons (Fsp3) is 0.812. The van der Waals surface area contributed by atoms with Crippen molar-refractivity contribution >= 4 is 23.7 Å². The van der Waals surface area contributed by atoms with Crippen molar-refractivity contribution < 1.29 is 23.9 Å². The second kappa shape index (κ2) is 14.7. The van der Waals surface area contributed by atoms with Crippen molar-refractivity contribution in [3.05, 3.63) is 11.6 Å². The van der Waals surface area contributed by atoms with Gasteiger partial charge in [0.2, 0.25) is 17.7 Å². The van der Waals surface area contributed by atoms with Crippen LogP contribution in [-0.4, -0.2) is 94.8 Å². The largest absolute Gasteiger partial charge is 0.461 e. The number of hydrogen-bond donors (Lipinski definition) is 1. The van der Waals surface area contributed by atoms with Crippen LogP contribution < -0.4 is 5.32 Å². The minimum atomic E-state index is -0.668. The number of carbonyl (C=O) groups is 4. The van der Waals surface area contributed by atoms with Crippen LogP contribution in [0.4, 0.5) is 0 Å². The Balaban J connectivity index is 1.72. The fourth-order valence-electron chi connectivity index (χ4n) is 6.27. The lowest BCUT2D eigenvalue weighted by molar-refractivity contribution is -0.160. The van der Waals surface area contributed by atoms with Gasteiger partial charge in [-0.15, -0.1) is 0 Å². The molecule has 1 unspecified atom stereocenters. The Hall–Kier alpha value is -2.42. The molecule has 4 atom stereocenters. The Labute approximate surface area is 247 Å². The van der Waals surface area contributed by atoms with Gasteiger partial charge in [-0.2, -0.15) is 0 Å².